The molecule has 5 heteroatoms. The molecule has 0 aliphatic heterocycles. The second-order valence-corrected chi connectivity index (χ2v) is 5.26. The third kappa shape index (κ3) is 4.21. The zero-order valence-corrected chi connectivity index (χ0v) is 12.3. The lowest BCUT2D eigenvalue weighted by molar-refractivity contribution is -0.121. The van der Waals surface area contributed by atoms with E-state index in [1.807, 2.05) is 19.1 Å². The summed E-state index contributed by atoms with van der Waals surface area (Å²) in [4.78, 5) is 12.2. The molecule has 0 atom stereocenters. The smallest absolute Gasteiger partial charge is 0.236 e. The number of anilines is 1. The first-order valence-corrected chi connectivity index (χ1v) is 6.63. The van der Waals surface area contributed by atoms with Gasteiger partial charge in [0.05, 0.1) is 17.0 Å². The van der Waals surface area contributed by atoms with E-state index in [2.05, 4.69) is 5.32 Å². The van der Waals surface area contributed by atoms with E-state index in [0.29, 0.717) is 12.3 Å². The van der Waals surface area contributed by atoms with Crippen molar-refractivity contribution in [1.82, 2.24) is 0 Å². The molecule has 4 nitrogen and oxygen atoms in total. The van der Waals surface area contributed by atoms with E-state index < -0.39 is 5.41 Å². The minimum atomic E-state index is -0.868. The Morgan fingerprint density at radius 3 is 2.42 bits per heavy atom. The van der Waals surface area contributed by atoms with Gasteiger partial charge in [-0.3, -0.25) is 4.79 Å². The molecular weight excluding hydrogens is 260 g/mol. The van der Waals surface area contributed by atoms with Gasteiger partial charge in [0, 0.05) is 5.69 Å². The highest BCUT2D eigenvalue weighted by Crippen LogP contribution is 2.21. The minimum absolute atomic E-state index is 0.174. The summed E-state index contributed by atoms with van der Waals surface area (Å²) < 4.78 is 5.47. The van der Waals surface area contributed by atoms with E-state index in [4.69, 9.17) is 22.7 Å². The first kappa shape index (κ1) is 15.4. The Morgan fingerprint density at radius 1 is 1.37 bits per heavy atom. The molecule has 1 aromatic rings. The van der Waals surface area contributed by atoms with Gasteiger partial charge in [-0.05, 0) is 44.5 Å². The molecule has 0 saturated carbocycles. The number of nitrogens with one attached hydrogen (secondary N) is 1. The van der Waals surface area contributed by atoms with Crippen LogP contribution in [0.4, 0.5) is 5.69 Å². The summed E-state index contributed by atoms with van der Waals surface area (Å²) in [7, 11) is 0. The number of rotatable bonds is 6. The maximum Gasteiger partial charge on any atom is 0.236 e. The Labute approximate surface area is 119 Å². The van der Waals surface area contributed by atoms with Crippen molar-refractivity contribution in [1.29, 1.82) is 0 Å². The SMILES string of the molecule is CCCOc1ccc(NC(=O)C(C)(C)C(N)=S)cc1. The molecule has 3 N–H and O–H groups in total. The Bertz CT molecular complexity index is 455. The topological polar surface area (TPSA) is 64.3 Å². The van der Waals surface area contributed by atoms with Crippen LogP contribution in [0.15, 0.2) is 24.3 Å². The predicted molar refractivity (Wildman–Crippen MR) is 81.4 cm³/mol. The van der Waals surface area contributed by atoms with E-state index in [9.17, 15) is 4.79 Å². The first-order chi connectivity index (χ1) is 8.87. The highest BCUT2D eigenvalue weighted by atomic mass is 32.1. The second kappa shape index (κ2) is 6.52. The molecule has 0 radical (unpaired) electrons. The van der Waals surface area contributed by atoms with E-state index >= 15 is 0 Å². The van der Waals surface area contributed by atoms with Crippen molar-refractivity contribution < 1.29 is 9.53 Å². The summed E-state index contributed by atoms with van der Waals surface area (Å²) in [5, 5.41) is 2.78. The number of thiocarbonyl (C=S) groups is 1. The van der Waals surface area contributed by atoms with Crippen LogP contribution in [0.3, 0.4) is 0 Å². The van der Waals surface area contributed by atoms with Crippen molar-refractivity contribution in [3.63, 3.8) is 0 Å². The molecule has 1 rings (SSSR count). The number of amides is 1. The number of benzene rings is 1. The Morgan fingerprint density at radius 2 is 1.95 bits per heavy atom. The minimum Gasteiger partial charge on any atom is -0.494 e. The third-order valence-corrected chi connectivity index (χ3v) is 3.28. The molecule has 0 aliphatic rings. The summed E-state index contributed by atoms with van der Waals surface area (Å²) >= 11 is 4.89. The van der Waals surface area contributed by atoms with Crippen LogP contribution >= 0.6 is 12.2 Å². The molecule has 104 valence electrons. The molecule has 0 bridgehead atoms. The van der Waals surface area contributed by atoms with Crippen LogP contribution < -0.4 is 15.8 Å². The van der Waals surface area contributed by atoms with Gasteiger partial charge in [-0.1, -0.05) is 19.1 Å². The number of ether oxygens (including phenoxy) is 1. The molecule has 0 spiro atoms. The van der Waals surface area contributed by atoms with Gasteiger partial charge in [-0.2, -0.15) is 0 Å². The molecule has 0 aromatic heterocycles. The van der Waals surface area contributed by atoms with Crippen LogP contribution in [0.25, 0.3) is 0 Å². The lowest BCUT2D eigenvalue weighted by Crippen LogP contribution is -2.41. The van der Waals surface area contributed by atoms with Crippen molar-refractivity contribution in [2.24, 2.45) is 11.1 Å². The van der Waals surface area contributed by atoms with Crippen LogP contribution in [0.2, 0.25) is 0 Å². The average molecular weight is 280 g/mol. The Kier molecular flexibility index (Phi) is 5.30. The van der Waals surface area contributed by atoms with E-state index in [0.717, 1.165) is 12.2 Å². The monoisotopic (exact) mass is 280 g/mol. The summed E-state index contributed by atoms with van der Waals surface area (Å²) in [6, 6.07) is 7.22. The highest BCUT2D eigenvalue weighted by Gasteiger charge is 2.30. The summed E-state index contributed by atoms with van der Waals surface area (Å²) in [5.74, 6) is 0.565. The van der Waals surface area contributed by atoms with Crippen molar-refractivity contribution in [2.75, 3.05) is 11.9 Å². The zero-order valence-electron chi connectivity index (χ0n) is 11.5. The standard InChI is InChI=1S/C14H20N2O2S/c1-4-9-18-11-7-5-10(6-8-11)16-13(17)14(2,3)12(15)19/h5-8H,4,9H2,1-3H3,(H2,15,19)(H,16,17). The van der Waals surface area contributed by atoms with E-state index in [1.54, 1.807) is 26.0 Å². The molecule has 0 saturated heterocycles. The molecule has 0 heterocycles. The number of carbonyl (C=O) groups is 1. The van der Waals surface area contributed by atoms with Crippen molar-refractivity contribution >= 4 is 28.8 Å². The predicted octanol–water partition coefficient (Wildman–Crippen LogP) is 2.73. The maximum atomic E-state index is 12.0. The quantitative estimate of drug-likeness (QED) is 0.786. The summed E-state index contributed by atoms with van der Waals surface area (Å²) in [6.45, 7) is 6.12. The molecule has 1 aromatic carbocycles. The van der Waals surface area contributed by atoms with Gasteiger partial charge >= 0.3 is 0 Å². The van der Waals surface area contributed by atoms with E-state index in [-0.39, 0.29) is 10.9 Å². The zero-order chi connectivity index (χ0) is 14.5. The Balaban J connectivity index is 2.68. The van der Waals surface area contributed by atoms with Crippen molar-refractivity contribution in [2.45, 2.75) is 27.2 Å². The number of hydrogen-bond acceptors (Lipinski definition) is 3. The lowest BCUT2D eigenvalue weighted by atomic mass is 9.92. The fraction of sp³-hybridized carbons (Fsp3) is 0.429. The van der Waals surface area contributed by atoms with Gasteiger partial charge in [-0.15, -0.1) is 0 Å². The first-order valence-electron chi connectivity index (χ1n) is 6.22. The Hall–Kier alpha value is -1.62. The number of nitrogens with two attached hydrogens (primary N) is 1. The van der Waals surface area contributed by atoms with Crippen LogP contribution in [-0.4, -0.2) is 17.5 Å². The van der Waals surface area contributed by atoms with Crippen molar-refractivity contribution in [3.8, 4) is 5.75 Å². The highest BCUT2D eigenvalue weighted by molar-refractivity contribution is 7.80. The number of hydrogen-bond donors (Lipinski definition) is 2. The van der Waals surface area contributed by atoms with Crippen LogP contribution in [-0.2, 0) is 4.79 Å². The number of carbonyl (C=O) groups excluding carboxylic acids is 1. The second-order valence-electron chi connectivity index (χ2n) is 4.82. The van der Waals surface area contributed by atoms with Crippen molar-refractivity contribution in [3.05, 3.63) is 24.3 Å². The molecule has 0 unspecified atom stereocenters. The molecule has 0 aliphatic carbocycles. The third-order valence-electron chi connectivity index (χ3n) is 2.77. The van der Waals surface area contributed by atoms with Crippen LogP contribution in [0.5, 0.6) is 5.75 Å². The van der Waals surface area contributed by atoms with Gasteiger partial charge in [0.1, 0.15) is 5.75 Å². The fourth-order valence-electron chi connectivity index (χ4n) is 1.25. The molecule has 1 amide bonds. The van der Waals surface area contributed by atoms with Gasteiger partial charge in [0.15, 0.2) is 0 Å². The van der Waals surface area contributed by atoms with Gasteiger partial charge < -0.3 is 15.8 Å². The van der Waals surface area contributed by atoms with Gasteiger partial charge in [0.25, 0.3) is 0 Å². The molecular formula is C14H20N2O2S. The summed E-state index contributed by atoms with van der Waals surface area (Å²) in [6.07, 6.45) is 0.959. The molecule has 19 heavy (non-hydrogen) atoms. The van der Waals surface area contributed by atoms with Gasteiger partial charge in [0.2, 0.25) is 5.91 Å². The van der Waals surface area contributed by atoms with Crippen LogP contribution in [0.1, 0.15) is 27.2 Å². The fourth-order valence-corrected chi connectivity index (χ4v) is 1.35. The lowest BCUT2D eigenvalue weighted by Gasteiger charge is -2.22. The average Bonchev–Trinajstić information content (AvgIpc) is 2.37. The summed E-state index contributed by atoms with van der Waals surface area (Å²) in [5.41, 5.74) is 5.38. The largest absolute Gasteiger partial charge is 0.494 e. The van der Waals surface area contributed by atoms with Gasteiger partial charge in [-0.25, -0.2) is 0 Å². The van der Waals surface area contributed by atoms with Crippen LogP contribution in [0, 0.1) is 5.41 Å². The normalized spacial score (nSPS) is 10.9. The molecule has 0 fully saturated rings. The van der Waals surface area contributed by atoms with E-state index in [1.165, 1.54) is 0 Å². The maximum absolute atomic E-state index is 12.0.